The molecule has 23 heavy (non-hydrogen) atoms. The van der Waals surface area contributed by atoms with Crippen molar-refractivity contribution < 1.29 is 4.79 Å². The molecule has 1 aliphatic carbocycles. The van der Waals surface area contributed by atoms with Crippen molar-refractivity contribution in [3.05, 3.63) is 17.5 Å². The minimum Gasteiger partial charge on any atom is -0.342 e. The van der Waals surface area contributed by atoms with Crippen molar-refractivity contribution in [1.82, 2.24) is 19.7 Å². The maximum atomic E-state index is 12.4. The number of nitrogens with zero attached hydrogens (tertiary/aromatic N) is 4. The summed E-state index contributed by atoms with van der Waals surface area (Å²) in [5.74, 6) is 1.46. The maximum Gasteiger partial charge on any atom is 0.233 e. The third kappa shape index (κ3) is 3.77. The summed E-state index contributed by atoms with van der Waals surface area (Å²) in [7, 11) is 3.89. The summed E-state index contributed by atoms with van der Waals surface area (Å²) in [6, 6.07) is 4.45. The first-order valence-electron chi connectivity index (χ1n) is 7.98. The van der Waals surface area contributed by atoms with Gasteiger partial charge in [0.1, 0.15) is 0 Å². The molecule has 2 aromatic heterocycles. The number of hydrogen-bond donors (Lipinski definition) is 0. The van der Waals surface area contributed by atoms with E-state index in [2.05, 4.69) is 10.2 Å². The summed E-state index contributed by atoms with van der Waals surface area (Å²) in [4.78, 5) is 15.4. The predicted molar refractivity (Wildman–Crippen MR) is 94.7 cm³/mol. The van der Waals surface area contributed by atoms with Gasteiger partial charge < -0.3 is 9.47 Å². The highest BCUT2D eigenvalue weighted by molar-refractivity contribution is 7.99. The first kappa shape index (κ1) is 16.5. The van der Waals surface area contributed by atoms with Crippen LogP contribution in [-0.4, -0.2) is 44.4 Å². The van der Waals surface area contributed by atoms with Crippen LogP contribution in [0.25, 0.3) is 10.7 Å². The molecule has 1 amide bonds. The lowest BCUT2D eigenvalue weighted by Gasteiger charge is -2.31. The summed E-state index contributed by atoms with van der Waals surface area (Å²) in [5.41, 5.74) is 0. The summed E-state index contributed by atoms with van der Waals surface area (Å²) >= 11 is 3.11. The van der Waals surface area contributed by atoms with Crippen LogP contribution < -0.4 is 0 Å². The van der Waals surface area contributed by atoms with Gasteiger partial charge in [-0.3, -0.25) is 4.79 Å². The molecule has 0 spiro atoms. The van der Waals surface area contributed by atoms with Gasteiger partial charge in [-0.15, -0.1) is 21.5 Å². The molecule has 124 valence electrons. The number of thioether (sulfide) groups is 1. The molecule has 2 heterocycles. The van der Waals surface area contributed by atoms with Crippen LogP contribution in [0, 0.1) is 0 Å². The molecule has 1 fully saturated rings. The molecule has 3 rings (SSSR count). The van der Waals surface area contributed by atoms with Gasteiger partial charge in [-0.2, -0.15) is 0 Å². The second-order valence-electron chi connectivity index (χ2n) is 5.93. The number of rotatable bonds is 5. The van der Waals surface area contributed by atoms with Gasteiger partial charge in [0.15, 0.2) is 11.0 Å². The fourth-order valence-corrected chi connectivity index (χ4v) is 4.54. The lowest BCUT2D eigenvalue weighted by Crippen LogP contribution is -2.39. The molecular formula is C16H22N4OS2. The maximum absolute atomic E-state index is 12.4. The SMILES string of the molecule is CN(C(=O)CSc1nnc(-c2cccs2)n1C)C1CCCCC1. The Hall–Kier alpha value is -1.34. The van der Waals surface area contributed by atoms with E-state index in [4.69, 9.17) is 0 Å². The van der Waals surface area contributed by atoms with E-state index in [1.807, 2.05) is 41.1 Å². The van der Waals surface area contributed by atoms with Gasteiger partial charge >= 0.3 is 0 Å². The molecule has 0 atom stereocenters. The summed E-state index contributed by atoms with van der Waals surface area (Å²) < 4.78 is 1.96. The second-order valence-corrected chi connectivity index (χ2v) is 7.82. The van der Waals surface area contributed by atoms with Crippen LogP contribution in [0.1, 0.15) is 32.1 Å². The highest BCUT2D eigenvalue weighted by atomic mass is 32.2. The monoisotopic (exact) mass is 350 g/mol. The Kier molecular flexibility index (Phi) is 5.38. The van der Waals surface area contributed by atoms with E-state index in [0.29, 0.717) is 11.8 Å². The molecule has 0 bridgehead atoms. The smallest absolute Gasteiger partial charge is 0.233 e. The van der Waals surface area contributed by atoms with E-state index in [-0.39, 0.29) is 5.91 Å². The number of thiophene rings is 1. The Bertz CT molecular complexity index is 647. The number of hydrogen-bond acceptors (Lipinski definition) is 5. The second kappa shape index (κ2) is 7.49. The van der Waals surface area contributed by atoms with E-state index in [1.165, 1.54) is 31.0 Å². The lowest BCUT2D eigenvalue weighted by molar-refractivity contribution is -0.129. The summed E-state index contributed by atoms with van der Waals surface area (Å²) in [5, 5.41) is 11.3. The van der Waals surface area contributed by atoms with Crippen molar-refractivity contribution in [2.24, 2.45) is 7.05 Å². The Morgan fingerprint density at radius 3 is 2.87 bits per heavy atom. The molecule has 0 saturated heterocycles. The van der Waals surface area contributed by atoms with Crippen molar-refractivity contribution in [3.63, 3.8) is 0 Å². The standard InChI is InChI=1S/C16H22N4OS2/c1-19(12-7-4-3-5-8-12)14(21)11-23-16-18-17-15(20(16)2)13-9-6-10-22-13/h6,9-10,12H,3-5,7-8,11H2,1-2H3. The molecule has 5 nitrogen and oxygen atoms in total. The van der Waals surface area contributed by atoms with Gasteiger partial charge in [0, 0.05) is 20.1 Å². The zero-order valence-corrected chi connectivity index (χ0v) is 15.2. The lowest BCUT2D eigenvalue weighted by atomic mass is 9.94. The van der Waals surface area contributed by atoms with Crippen molar-refractivity contribution in [2.45, 2.75) is 43.3 Å². The van der Waals surface area contributed by atoms with Crippen molar-refractivity contribution in [3.8, 4) is 10.7 Å². The minimum atomic E-state index is 0.183. The normalized spacial score (nSPS) is 15.7. The molecular weight excluding hydrogens is 328 g/mol. The van der Waals surface area contributed by atoms with Crippen LogP contribution in [0.15, 0.2) is 22.7 Å². The summed E-state index contributed by atoms with van der Waals surface area (Å²) in [6.07, 6.45) is 6.06. The van der Waals surface area contributed by atoms with Crippen LogP contribution in [0.5, 0.6) is 0 Å². The first-order valence-corrected chi connectivity index (χ1v) is 9.85. The zero-order chi connectivity index (χ0) is 16.2. The van der Waals surface area contributed by atoms with Crippen LogP contribution in [-0.2, 0) is 11.8 Å². The van der Waals surface area contributed by atoms with E-state index in [0.717, 1.165) is 28.7 Å². The van der Waals surface area contributed by atoms with Gasteiger partial charge in [0.2, 0.25) is 5.91 Å². The van der Waals surface area contributed by atoms with Crippen molar-refractivity contribution >= 4 is 29.0 Å². The van der Waals surface area contributed by atoms with Crippen LogP contribution >= 0.6 is 23.1 Å². The highest BCUT2D eigenvalue weighted by Gasteiger charge is 2.22. The van der Waals surface area contributed by atoms with Gasteiger partial charge in [-0.05, 0) is 24.3 Å². The zero-order valence-electron chi connectivity index (χ0n) is 13.6. The van der Waals surface area contributed by atoms with Gasteiger partial charge in [-0.25, -0.2) is 0 Å². The average molecular weight is 351 g/mol. The van der Waals surface area contributed by atoms with E-state index in [1.54, 1.807) is 11.3 Å². The van der Waals surface area contributed by atoms with Gasteiger partial charge in [0.25, 0.3) is 0 Å². The third-order valence-corrected chi connectivity index (χ3v) is 6.29. The number of carbonyl (C=O) groups excluding carboxylic acids is 1. The quantitative estimate of drug-likeness (QED) is 0.775. The molecule has 0 N–H and O–H groups in total. The van der Waals surface area contributed by atoms with Crippen molar-refractivity contribution in [1.29, 1.82) is 0 Å². The molecule has 1 aliphatic rings. The van der Waals surface area contributed by atoms with Crippen LogP contribution in [0.2, 0.25) is 0 Å². The number of amides is 1. The van der Waals surface area contributed by atoms with Gasteiger partial charge in [-0.1, -0.05) is 37.1 Å². The molecule has 1 saturated carbocycles. The molecule has 7 heteroatoms. The molecule has 0 aliphatic heterocycles. The Labute approximate surface area is 145 Å². The van der Waals surface area contributed by atoms with Gasteiger partial charge in [0.05, 0.1) is 10.6 Å². The number of aromatic nitrogens is 3. The van der Waals surface area contributed by atoms with Crippen LogP contribution in [0.3, 0.4) is 0 Å². The highest BCUT2D eigenvalue weighted by Crippen LogP contribution is 2.27. The van der Waals surface area contributed by atoms with E-state index < -0.39 is 0 Å². The Balaban J connectivity index is 1.59. The fraction of sp³-hybridized carbons (Fsp3) is 0.562. The fourth-order valence-electron chi connectivity index (χ4n) is 2.96. The largest absolute Gasteiger partial charge is 0.342 e. The Morgan fingerprint density at radius 1 is 1.39 bits per heavy atom. The summed E-state index contributed by atoms with van der Waals surface area (Å²) in [6.45, 7) is 0. The third-order valence-electron chi connectivity index (χ3n) is 4.42. The molecule has 0 radical (unpaired) electrons. The predicted octanol–water partition coefficient (Wildman–Crippen LogP) is 3.43. The molecule has 0 unspecified atom stereocenters. The van der Waals surface area contributed by atoms with Crippen molar-refractivity contribution in [2.75, 3.05) is 12.8 Å². The first-order chi connectivity index (χ1) is 11.2. The molecule has 2 aromatic rings. The minimum absolute atomic E-state index is 0.183. The Morgan fingerprint density at radius 2 is 2.17 bits per heavy atom. The number of carbonyl (C=O) groups is 1. The topological polar surface area (TPSA) is 51.0 Å². The molecule has 0 aromatic carbocycles. The van der Waals surface area contributed by atoms with E-state index >= 15 is 0 Å². The average Bonchev–Trinajstić information content (AvgIpc) is 3.22. The van der Waals surface area contributed by atoms with E-state index in [9.17, 15) is 4.79 Å². The van der Waals surface area contributed by atoms with Crippen LogP contribution in [0.4, 0.5) is 0 Å².